The van der Waals surface area contributed by atoms with Crippen LogP contribution in [0.25, 0.3) is 0 Å². The third-order valence-electron chi connectivity index (χ3n) is 5.59. The molecule has 0 radical (unpaired) electrons. The summed E-state index contributed by atoms with van der Waals surface area (Å²) in [6.45, 7) is 11.5. The number of carboxylic acid groups (broad SMARTS) is 1. The molecule has 102 valence electrons. The molecule has 2 rings (SSSR count). The zero-order chi connectivity index (χ0) is 13.9. The highest BCUT2D eigenvalue weighted by Crippen LogP contribution is 2.69. The third kappa shape index (κ3) is 1.65. The monoisotopic (exact) mass is 253 g/mol. The number of hydrogen-bond acceptors (Lipinski definition) is 2. The molecule has 1 atom stereocenters. The molecule has 1 unspecified atom stereocenters. The van der Waals surface area contributed by atoms with E-state index >= 15 is 0 Å². The van der Waals surface area contributed by atoms with Crippen LogP contribution in [0.4, 0.5) is 0 Å². The number of amides is 1. The van der Waals surface area contributed by atoms with E-state index in [1.165, 1.54) is 0 Å². The second kappa shape index (κ2) is 3.72. The number of carboxylic acids is 1. The fourth-order valence-corrected chi connectivity index (χ4v) is 3.21. The van der Waals surface area contributed by atoms with Crippen LogP contribution in [0.2, 0.25) is 0 Å². The number of nitrogens with zero attached hydrogens (tertiary/aromatic N) is 1. The lowest BCUT2D eigenvalue weighted by molar-refractivity contribution is -0.151. The van der Waals surface area contributed by atoms with Crippen molar-refractivity contribution in [1.82, 2.24) is 4.90 Å². The Morgan fingerprint density at radius 3 is 1.94 bits per heavy atom. The molecule has 2 fully saturated rings. The van der Waals surface area contributed by atoms with Crippen LogP contribution in [0.1, 0.15) is 34.6 Å². The van der Waals surface area contributed by atoms with E-state index in [-0.39, 0.29) is 34.5 Å². The Labute approximate surface area is 108 Å². The van der Waals surface area contributed by atoms with E-state index in [1.54, 1.807) is 6.92 Å². The topological polar surface area (TPSA) is 57.6 Å². The summed E-state index contributed by atoms with van der Waals surface area (Å²) < 4.78 is 0. The van der Waals surface area contributed by atoms with Gasteiger partial charge in [0, 0.05) is 24.9 Å². The molecule has 0 aromatic rings. The number of carbonyl (C=O) groups is 2. The first-order valence-corrected chi connectivity index (χ1v) is 6.62. The molecule has 0 aromatic carbocycles. The summed E-state index contributed by atoms with van der Waals surface area (Å²) in [5.41, 5.74) is 0.126. The van der Waals surface area contributed by atoms with Gasteiger partial charge in [0.2, 0.25) is 5.91 Å². The standard InChI is InChI=1S/C14H23NO3/c1-8(12(17)18)9-6-15(7-9)11(16)10-13(2,3)14(10,4)5/h8-10H,6-7H2,1-5H3,(H,17,18). The van der Waals surface area contributed by atoms with E-state index in [9.17, 15) is 9.59 Å². The molecule has 1 saturated heterocycles. The van der Waals surface area contributed by atoms with Crippen LogP contribution in [-0.4, -0.2) is 35.0 Å². The predicted molar refractivity (Wildman–Crippen MR) is 67.9 cm³/mol. The van der Waals surface area contributed by atoms with Crippen molar-refractivity contribution in [3.63, 3.8) is 0 Å². The van der Waals surface area contributed by atoms with E-state index in [0.29, 0.717) is 13.1 Å². The van der Waals surface area contributed by atoms with Gasteiger partial charge in [-0.15, -0.1) is 0 Å². The van der Waals surface area contributed by atoms with Crippen LogP contribution in [0.3, 0.4) is 0 Å². The van der Waals surface area contributed by atoms with Gasteiger partial charge in [-0.05, 0) is 10.8 Å². The Kier molecular flexibility index (Phi) is 2.76. The quantitative estimate of drug-likeness (QED) is 0.835. The third-order valence-corrected chi connectivity index (χ3v) is 5.59. The number of rotatable bonds is 3. The zero-order valence-corrected chi connectivity index (χ0v) is 11.9. The summed E-state index contributed by atoms with van der Waals surface area (Å²) in [6, 6.07) is 0. The second-order valence-electron chi connectivity index (χ2n) is 7.01. The highest BCUT2D eigenvalue weighted by Gasteiger charge is 2.69. The fourth-order valence-electron chi connectivity index (χ4n) is 3.21. The summed E-state index contributed by atoms with van der Waals surface area (Å²) in [5, 5.41) is 8.93. The van der Waals surface area contributed by atoms with Crippen molar-refractivity contribution in [2.45, 2.75) is 34.6 Å². The molecule has 0 bridgehead atoms. The van der Waals surface area contributed by atoms with Crippen LogP contribution in [0.5, 0.6) is 0 Å². The summed E-state index contributed by atoms with van der Waals surface area (Å²) in [4.78, 5) is 25.0. The number of aliphatic carboxylic acids is 1. The maximum absolute atomic E-state index is 12.3. The van der Waals surface area contributed by atoms with Crippen LogP contribution in [-0.2, 0) is 9.59 Å². The van der Waals surface area contributed by atoms with E-state index in [1.807, 2.05) is 4.90 Å². The number of hydrogen-bond donors (Lipinski definition) is 1. The number of carbonyl (C=O) groups excluding carboxylic acids is 1. The lowest BCUT2D eigenvalue weighted by atomic mass is 9.86. The van der Waals surface area contributed by atoms with Gasteiger partial charge in [0.1, 0.15) is 0 Å². The average Bonchev–Trinajstić information content (AvgIpc) is 2.53. The van der Waals surface area contributed by atoms with Gasteiger partial charge in [-0.3, -0.25) is 9.59 Å². The molecule has 2 aliphatic rings. The summed E-state index contributed by atoms with van der Waals surface area (Å²) in [6.07, 6.45) is 0. The van der Waals surface area contributed by atoms with Crippen molar-refractivity contribution in [2.75, 3.05) is 13.1 Å². The van der Waals surface area contributed by atoms with Gasteiger partial charge >= 0.3 is 5.97 Å². The first-order valence-electron chi connectivity index (χ1n) is 6.62. The van der Waals surface area contributed by atoms with Gasteiger partial charge in [0.25, 0.3) is 0 Å². The lowest BCUT2D eigenvalue weighted by Gasteiger charge is -2.41. The molecule has 1 N–H and O–H groups in total. The van der Waals surface area contributed by atoms with Crippen molar-refractivity contribution >= 4 is 11.9 Å². The molecule has 0 spiro atoms. The normalized spacial score (nSPS) is 27.5. The molecule has 1 heterocycles. The molecule has 1 saturated carbocycles. The van der Waals surface area contributed by atoms with Crippen LogP contribution in [0, 0.1) is 28.6 Å². The van der Waals surface area contributed by atoms with Crippen LogP contribution >= 0.6 is 0 Å². The highest BCUT2D eigenvalue weighted by molar-refractivity contribution is 5.85. The molecule has 1 amide bonds. The Bertz CT molecular complexity index is 380. The molecular formula is C14H23NO3. The summed E-state index contributed by atoms with van der Waals surface area (Å²) >= 11 is 0. The van der Waals surface area contributed by atoms with Gasteiger partial charge < -0.3 is 10.0 Å². The first kappa shape index (κ1) is 13.4. The minimum atomic E-state index is -0.765. The van der Waals surface area contributed by atoms with Gasteiger partial charge in [0.15, 0.2) is 0 Å². The smallest absolute Gasteiger partial charge is 0.306 e. The van der Waals surface area contributed by atoms with Crippen molar-refractivity contribution < 1.29 is 14.7 Å². The van der Waals surface area contributed by atoms with E-state index in [4.69, 9.17) is 5.11 Å². The number of likely N-dealkylation sites (tertiary alicyclic amines) is 1. The average molecular weight is 253 g/mol. The fraction of sp³-hybridized carbons (Fsp3) is 0.857. The Balaban J connectivity index is 1.91. The maximum Gasteiger partial charge on any atom is 0.306 e. The van der Waals surface area contributed by atoms with E-state index < -0.39 is 5.97 Å². The minimum Gasteiger partial charge on any atom is -0.481 e. The van der Waals surface area contributed by atoms with Crippen molar-refractivity contribution in [2.24, 2.45) is 28.6 Å². The molecular weight excluding hydrogens is 230 g/mol. The SMILES string of the molecule is CC(C(=O)O)C1CN(C(=O)C2C(C)(C)C2(C)C)C1. The Hall–Kier alpha value is -1.06. The van der Waals surface area contributed by atoms with Gasteiger partial charge in [-0.1, -0.05) is 34.6 Å². The molecule has 4 heteroatoms. The van der Waals surface area contributed by atoms with Gasteiger partial charge in [0.05, 0.1) is 5.92 Å². The molecule has 1 aliphatic heterocycles. The highest BCUT2D eigenvalue weighted by atomic mass is 16.4. The largest absolute Gasteiger partial charge is 0.481 e. The minimum absolute atomic E-state index is 0.0631. The Morgan fingerprint density at radius 1 is 1.17 bits per heavy atom. The lowest BCUT2D eigenvalue weighted by Crippen LogP contribution is -2.54. The second-order valence-corrected chi connectivity index (χ2v) is 7.01. The summed E-state index contributed by atoms with van der Waals surface area (Å²) in [5.74, 6) is -0.699. The molecule has 4 nitrogen and oxygen atoms in total. The van der Waals surface area contributed by atoms with Gasteiger partial charge in [-0.2, -0.15) is 0 Å². The predicted octanol–water partition coefficient (Wildman–Crippen LogP) is 1.85. The molecule has 18 heavy (non-hydrogen) atoms. The van der Waals surface area contributed by atoms with Crippen molar-refractivity contribution in [1.29, 1.82) is 0 Å². The Morgan fingerprint density at radius 2 is 1.61 bits per heavy atom. The molecule has 0 aromatic heterocycles. The van der Waals surface area contributed by atoms with E-state index in [2.05, 4.69) is 27.7 Å². The summed E-state index contributed by atoms with van der Waals surface area (Å²) in [7, 11) is 0. The van der Waals surface area contributed by atoms with Crippen molar-refractivity contribution in [3.05, 3.63) is 0 Å². The van der Waals surface area contributed by atoms with Crippen LogP contribution in [0.15, 0.2) is 0 Å². The van der Waals surface area contributed by atoms with Crippen molar-refractivity contribution in [3.8, 4) is 0 Å². The van der Waals surface area contributed by atoms with Crippen LogP contribution < -0.4 is 0 Å². The first-order chi connectivity index (χ1) is 8.10. The van der Waals surface area contributed by atoms with Gasteiger partial charge in [-0.25, -0.2) is 0 Å². The van der Waals surface area contributed by atoms with E-state index in [0.717, 1.165) is 0 Å². The zero-order valence-electron chi connectivity index (χ0n) is 11.9. The maximum atomic E-state index is 12.3. The molecule has 1 aliphatic carbocycles.